The molecule has 1 aliphatic heterocycles. The third kappa shape index (κ3) is 3.68. The summed E-state index contributed by atoms with van der Waals surface area (Å²) < 4.78 is 1.46. The van der Waals surface area contributed by atoms with Crippen LogP contribution in [0.3, 0.4) is 0 Å². The zero-order chi connectivity index (χ0) is 16.3. The number of carbonyl (C=O) groups is 1. The summed E-state index contributed by atoms with van der Waals surface area (Å²) in [6, 6.07) is 5.09. The molecule has 1 amide bonds. The minimum absolute atomic E-state index is 0.120. The van der Waals surface area contributed by atoms with Crippen molar-refractivity contribution in [3.63, 3.8) is 0 Å². The van der Waals surface area contributed by atoms with E-state index in [1.54, 1.807) is 18.2 Å². The van der Waals surface area contributed by atoms with Crippen molar-refractivity contribution < 1.29 is 4.79 Å². The molecule has 23 heavy (non-hydrogen) atoms. The number of tetrazole rings is 1. The summed E-state index contributed by atoms with van der Waals surface area (Å²) in [5.74, 6) is -0.169. The van der Waals surface area contributed by atoms with E-state index in [1.807, 2.05) is 0 Å². The number of piperidine rings is 1. The van der Waals surface area contributed by atoms with Crippen molar-refractivity contribution in [1.29, 1.82) is 0 Å². The third-order valence-electron chi connectivity index (χ3n) is 4.29. The van der Waals surface area contributed by atoms with Gasteiger partial charge in [0, 0.05) is 11.6 Å². The summed E-state index contributed by atoms with van der Waals surface area (Å²) in [7, 11) is 0. The van der Waals surface area contributed by atoms with Gasteiger partial charge in [0.1, 0.15) is 6.33 Å². The van der Waals surface area contributed by atoms with Crippen molar-refractivity contribution in [2.75, 3.05) is 19.6 Å². The normalized spacial score (nSPS) is 17.0. The summed E-state index contributed by atoms with van der Waals surface area (Å²) >= 11 is 6.05. The molecule has 0 saturated carbocycles. The number of aromatic nitrogens is 4. The Morgan fingerprint density at radius 2 is 2.22 bits per heavy atom. The molecule has 1 fully saturated rings. The van der Waals surface area contributed by atoms with Crippen LogP contribution in [0, 0.1) is 5.41 Å². The van der Waals surface area contributed by atoms with E-state index in [0.717, 1.165) is 25.9 Å². The number of rotatable bonds is 4. The molecule has 2 N–H and O–H groups in total. The van der Waals surface area contributed by atoms with Crippen molar-refractivity contribution in [3.8, 4) is 5.69 Å². The minimum atomic E-state index is -0.169. The number of hydrogen-bond donors (Lipinski definition) is 2. The zero-order valence-electron chi connectivity index (χ0n) is 12.9. The minimum Gasteiger partial charge on any atom is -0.351 e. The molecule has 8 heteroatoms. The Hall–Kier alpha value is -1.99. The van der Waals surface area contributed by atoms with Crippen LogP contribution in [0.2, 0.25) is 5.02 Å². The van der Waals surface area contributed by atoms with Gasteiger partial charge >= 0.3 is 0 Å². The largest absolute Gasteiger partial charge is 0.351 e. The lowest BCUT2D eigenvalue weighted by Gasteiger charge is -2.34. The second-order valence-corrected chi connectivity index (χ2v) is 6.60. The van der Waals surface area contributed by atoms with Gasteiger partial charge in [0.05, 0.1) is 11.3 Å². The first kappa shape index (κ1) is 15.9. The molecule has 1 saturated heterocycles. The number of amides is 1. The molecule has 2 heterocycles. The van der Waals surface area contributed by atoms with Gasteiger partial charge in [-0.1, -0.05) is 18.5 Å². The smallest absolute Gasteiger partial charge is 0.253 e. The number of hydrogen-bond acceptors (Lipinski definition) is 5. The van der Waals surface area contributed by atoms with Gasteiger partial charge in [-0.15, -0.1) is 5.10 Å². The van der Waals surface area contributed by atoms with Crippen LogP contribution >= 0.6 is 11.6 Å². The van der Waals surface area contributed by atoms with Crippen LogP contribution in [0.1, 0.15) is 30.1 Å². The fraction of sp³-hybridized carbons (Fsp3) is 0.467. The maximum Gasteiger partial charge on any atom is 0.253 e. The van der Waals surface area contributed by atoms with Gasteiger partial charge in [-0.25, -0.2) is 0 Å². The molecule has 122 valence electrons. The van der Waals surface area contributed by atoms with Gasteiger partial charge in [-0.05, 0) is 60.0 Å². The molecular formula is C15H19ClN6O. The van der Waals surface area contributed by atoms with E-state index in [2.05, 4.69) is 33.1 Å². The van der Waals surface area contributed by atoms with Crippen molar-refractivity contribution >= 4 is 17.5 Å². The van der Waals surface area contributed by atoms with Gasteiger partial charge in [-0.3, -0.25) is 4.79 Å². The average Bonchev–Trinajstić information content (AvgIpc) is 3.07. The van der Waals surface area contributed by atoms with Gasteiger partial charge in [0.2, 0.25) is 0 Å². The van der Waals surface area contributed by atoms with Crippen LogP contribution in [0.25, 0.3) is 5.69 Å². The molecule has 0 bridgehead atoms. The highest BCUT2D eigenvalue weighted by atomic mass is 35.5. The van der Waals surface area contributed by atoms with E-state index in [1.165, 1.54) is 11.0 Å². The van der Waals surface area contributed by atoms with Gasteiger partial charge in [0.15, 0.2) is 0 Å². The van der Waals surface area contributed by atoms with Crippen LogP contribution < -0.4 is 10.6 Å². The molecule has 0 spiro atoms. The van der Waals surface area contributed by atoms with Crippen LogP contribution in [0.4, 0.5) is 0 Å². The first-order valence-electron chi connectivity index (χ1n) is 7.59. The van der Waals surface area contributed by atoms with Crippen molar-refractivity contribution in [2.45, 2.75) is 19.8 Å². The molecule has 1 aromatic carbocycles. The fourth-order valence-corrected chi connectivity index (χ4v) is 2.93. The summed E-state index contributed by atoms with van der Waals surface area (Å²) in [6.07, 6.45) is 3.54. The molecule has 0 atom stereocenters. The van der Waals surface area contributed by atoms with Gasteiger partial charge in [-0.2, -0.15) is 4.68 Å². The molecule has 2 aromatic rings. The predicted octanol–water partition coefficient (Wildman–Crippen LogP) is 1.44. The summed E-state index contributed by atoms with van der Waals surface area (Å²) in [5, 5.41) is 17.9. The SMILES string of the molecule is CC1(CNC(=O)c2cc(Cl)ccc2-n2cnnn2)CCNCC1. The molecule has 1 aromatic heterocycles. The Morgan fingerprint density at radius 1 is 1.43 bits per heavy atom. The number of nitrogens with zero attached hydrogens (tertiary/aromatic N) is 4. The van der Waals surface area contributed by atoms with E-state index >= 15 is 0 Å². The highest BCUT2D eigenvalue weighted by Crippen LogP contribution is 2.27. The lowest BCUT2D eigenvalue weighted by Crippen LogP contribution is -2.43. The first-order valence-corrected chi connectivity index (χ1v) is 7.97. The Labute approximate surface area is 139 Å². The molecule has 0 aliphatic carbocycles. The maximum atomic E-state index is 12.6. The van der Waals surface area contributed by atoms with Crippen LogP contribution in [0.5, 0.6) is 0 Å². The quantitative estimate of drug-likeness (QED) is 0.883. The number of benzene rings is 1. The van der Waals surface area contributed by atoms with E-state index in [4.69, 9.17) is 11.6 Å². The number of nitrogens with one attached hydrogen (secondary N) is 2. The van der Waals surface area contributed by atoms with E-state index < -0.39 is 0 Å². The van der Waals surface area contributed by atoms with Crippen molar-refractivity contribution in [2.24, 2.45) is 5.41 Å². The van der Waals surface area contributed by atoms with E-state index in [9.17, 15) is 4.79 Å². The Kier molecular flexibility index (Phi) is 4.58. The summed E-state index contributed by atoms with van der Waals surface area (Å²) in [4.78, 5) is 12.6. The maximum absolute atomic E-state index is 12.6. The predicted molar refractivity (Wildman–Crippen MR) is 86.7 cm³/mol. The first-order chi connectivity index (χ1) is 11.1. The fourth-order valence-electron chi connectivity index (χ4n) is 2.76. The highest BCUT2D eigenvalue weighted by Gasteiger charge is 2.27. The lowest BCUT2D eigenvalue weighted by atomic mass is 9.81. The van der Waals surface area contributed by atoms with E-state index in [-0.39, 0.29) is 11.3 Å². The molecule has 7 nitrogen and oxygen atoms in total. The second kappa shape index (κ2) is 6.64. The van der Waals surface area contributed by atoms with Crippen LogP contribution in [0.15, 0.2) is 24.5 Å². The molecule has 1 aliphatic rings. The molecule has 0 unspecified atom stereocenters. The number of carbonyl (C=O) groups excluding carboxylic acids is 1. The van der Waals surface area contributed by atoms with Gasteiger partial charge in [0.25, 0.3) is 5.91 Å². The highest BCUT2D eigenvalue weighted by molar-refractivity contribution is 6.31. The average molecular weight is 335 g/mol. The molecular weight excluding hydrogens is 316 g/mol. The Morgan fingerprint density at radius 3 is 2.91 bits per heavy atom. The second-order valence-electron chi connectivity index (χ2n) is 6.16. The Bertz CT molecular complexity index is 681. The van der Waals surface area contributed by atoms with Gasteiger partial charge < -0.3 is 10.6 Å². The monoisotopic (exact) mass is 334 g/mol. The lowest BCUT2D eigenvalue weighted by molar-refractivity contribution is 0.0922. The van der Waals surface area contributed by atoms with Crippen molar-refractivity contribution in [3.05, 3.63) is 35.1 Å². The molecule has 3 rings (SSSR count). The third-order valence-corrected chi connectivity index (χ3v) is 4.52. The Balaban J connectivity index is 1.78. The van der Waals surface area contributed by atoms with Crippen LogP contribution in [-0.4, -0.2) is 45.7 Å². The van der Waals surface area contributed by atoms with Crippen molar-refractivity contribution in [1.82, 2.24) is 30.8 Å². The van der Waals surface area contributed by atoms with E-state index in [0.29, 0.717) is 22.8 Å². The number of halogens is 1. The topological polar surface area (TPSA) is 84.7 Å². The van der Waals surface area contributed by atoms with Crippen LogP contribution in [-0.2, 0) is 0 Å². The standard InChI is InChI=1S/C15H19ClN6O/c1-15(4-6-17-7-5-15)9-18-14(23)12-8-11(16)2-3-13(12)22-10-19-20-21-22/h2-3,8,10,17H,4-7,9H2,1H3,(H,18,23). The molecule has 0 radical (unpaired) electrons. The zero-order valence-corrected chi connectivity index (χ0v) is 13.7. The summed E-state index contributed by atoms with van der Waals surface area (Å²) in [5.41, 5.74) is 1.18. The summed E-state index contributed by atoms with van der Waals surface area (Å²) in [6.45, 7) is 4.81.